The van der Waals surface area contributed by atoms with Gasteiger partial charge in [0, 0.05) is 21.3 Å². The number of ether oxygens (including phenoxy) is 3. The molecule has 8 nitrogen and oxygen atoms in total. The van der Waals surface area contributed by atoms with Gasteiger partial charge in [-0.05, 0) is 6.92 Å². The normalized spacial score (nSPS) is 27.8. The van der Waals surface area contributed by atoms with Crippen molar-refractivity contribution in [3.05, 3.63) is 22.5 Å². The van der Waals surface area contributed by atoms with Crippen LogP contribution in [0.25, 0.3) is 11.2 Å². The highest BCUT2D eigenvalue weighted by Crippen LogP contribution is 2.45. The Kier molecular flexibility index (Phi) is 4.72. The lowest BCUT2D eigenvalue weighted by Gasteiger charge is -2.23. The van der Waals surface area contributed by atoms with Crippen LogP contribution in [0.1, 0.15) is 11.2 Å². The van der Waals surface area contributed by atoms with Gasteiger partial charge in [0.1, 0.15) is 23.4 Å². The summed E-state index contributed by atoms with van der Waals surface area (Å²) in [6.45, 7) is 2.30. The van der Waals surface area contributed by atoms with Crippen LogP contribution < -0.4 is 5.56 Å². The van der Waals surface area contributed by atoms with Crippen LogP contribution in [0, 0.1) is 6.92 Å². The number of hydrogen-bond acceptors (Lipinski definition) is 7. The molecule has 0 spiro atoms. The summed E-state index contributed by atoms with van der Waals surface area (Å²) in [5.41, 5.74) is 0.647. The van der Waals surface area contributed by atoms with E-state index >= 15 is 0 Å². The quantitative estimate of drug-likeness (QED) is 0.857. The molecule has 1 fully saturated rings. The molecule has 0 radical (unpaired) electrons. The van der Waals surface area contributed by atoms with Crippen molar-refractivity contribution in [1.82, 2.24) is 19.5 Å². The highest BCUT2D eigenvalue weighted by molar-refractivity contribution is 8.00. The first-order valence-electron chi connectivity index (χ1n) is 7.24. The van der Waals surface area contributed by atoms with Gasteiger partial charge >= 0.3 is 0 Å². The molecule has 2 aromatic rings. The van der Waals surface area contributed by atoms with E-state index in [0.717, 1.165) is 0 Å². The van der Waals surface area contributed by atoms with Crippen LogP contribution in [0.2, 0.25) is 0 Å². The van der Waals surface area contributed by atoms with Gasteiger partial charge in [-0.25, -0.2) is 9.97 Å². The number of methoxy groups -OCH3 is 3. The van der Waals surface area contributed by atoms with Crippen LogP contribution in [0.3, 0.4) is 0 Å². The fourth-order valence-corrected chi connectivity index (χ4v) is 4.69. The van der Waals surface area contributed by atoms with Crippen LogP contribution in [0.4, 0.5) is 0 Å². The Morgan fingerprint density at radius 1 is 1.30 bits per heavy atom. The largest absolute Gasteiger partial charge is 0.383 e. The molecule has 4 atom stereocenters. The number of aromatic amines is 1. The predicted molar refractivity (Wildman–Crippen MR) is 86.8 cm³/mol. The van der Waals surface area contributed by atoms with Gasteiger partial charge in [-0.2, -0.15) is 0 Å². The van der Waals surface area contributed by atoms with E-state index in [9.17, 15) is 4.79 Å². The number of nitrogens with one attached hydrogen (secondary N) is 1. The molecule has 3 rings (SSSR count). The van der Waals surface area contributed by atoms with E-state index in [1.165, 1.54) is 0 Å². The average Bonchev–Trinajstić information content (AvgIpc) is 3.08. The smallest absolute Gasteiger partial charge is 0.279 e. The van der Waals surface area contributed by atoms with E-state index < -0.39 is 0 Å². The summed E-state index contributed by atoms with van der Waals surface area (Å²) in [7, 11) is 4.99. The van der Waals surface area contributed by atoms with Crippen molar-refractivity contribution in [2.75, 3.05) is 27.9 Å². The molecule has 0 amide bonds. The van der Waals surface area contributed by atoms with Crippen molar-refractivity contribution >= 4 is 22.9 Å². The van der Waals surface area contributed by atoms with Gasteiger partial charge in [0.2, 0.25) is 0 Å². The molecule has 0 aliphatic carbocycles. The fraction of sp³-hybridized carbons (Fsp3) is 0.643. The molecule has 1 saturated heterocycles. The molecule has 3 heterocycles. The second kappa shape index (κ2) is 6.60. The van der Waals surface area contributed by atoms with Gasteiger partial charge < -0.3 is 19.2 Å². The first-order chi connectivity index (χ1) is 11.1. The fourth-order valence-electron chi connectivity index (χ4n) is 2.99. The van der Waals surface area contributed by atoms with Crippen molar-refractivity contribution in [2.45, 2.75) is 29.8 Å². The number of aryl methyl sites for hydroxylation is 1. The molecule has 1 unspecified atom stereocenters. The Morgan fingerprint density at radius 3 is 2.70 bits per heavy atom. The number of thioether (sulfide) groups is 1. The maximum absolute atomic E-state index is 12.0. The Balaban J connectivity index is 2.05. The monoisotopic (exact) mass is 340 g/mol. The summed E-state index contributed by atoms with van der Waals surface area (Å²) in [4.78, 5) is 23.3. The van der Waals surface area contributed by atoms with Crippen LogP contribution in [-0.2, 0) is 14.2 Å². The summed E-state index contributed by atoms with van der Waals surface area (Å²) < 4.78 is 18.5. The predicted octanol–water partition coefficient (Wildman–Crippen LogP) is 0.718. The van der Waals surface area contributed by atoms with E-state index in [1.54, 1.807) is 46.3 Å². The first-order valence-corrected chi connectivity index (χ1v) is 8.18. The first kappa shape index (κ1) is 16.4. The van der Waals surface area contributed by atoms with Gasteiger partial charge in [-0.15, -0.1) is 11.8 Å². The molecular weight excluding hydrogens is 320 g/mol. The highest BCUT2D eigenvalue weighted by Gasteiger charge is 2.46. The minimum atomic E-state index is -0.236. The van der Waals surface area contributed by atoms with Crippen molar-refractivity contribution in [2.24, 2.45) is 0 Å². The lowest BCUT2D eigenvalue weighted by atomic mass is 10.1. The molecule has 126 valence electrons. The second-order valence-corrected chi connectivity index (χ2v) is 6.76. The number of hydrogen-bond donors (Lipinski definition) is 1. The zero-order chi connectivity index (χ0) is 16.6. The second-order valence-electron chi connectivity index (χ2n) is 5.40. The number of H-pyrrole nitrogens is 1. The standard InChI is InChI=1S/C14H20N4O4S/c1-7-16-12-9(13(19)17-7)15-6-18(12)14-11(22-4)10(21-3)8(23-14)5-20-2/h6,8,10-11,14H,5H2,1-4H3,(H,16,17,19)/t8-,10?,11+,14-/m1/s1. The molecular formula is C14H20N4O4S. The zero-order valence-corrected chi connectivity index (χ0v) is 14.3. The van der Waals surface area contributed by atoms with Gasteiger partial charge in [0.25, 0.3) is 5.56 Å². The molecule has 2 aromatic heterocycles. The molecule has 9 heteroatoms. The van der Waals surface area contributed by atoms with E-state index in [-0.39, 0.29) is 28.4 Å². The summed E-state index contributed by atoms with van der Waals surface area (Å²) in [6.07, 6.45) is 1.33. The number of fused-ring (bicyclic) bond motifs is 1. The third-order valence-corrected chi connectivity index (χ3v) is 5.51. The molecule has 1 aliphatic rings. The maximum atomic E-state index is 12.0. The average molecular weight is 340 g/mol. The van der Waals surface area contributed by atoms with Gasteiger partial charge in [-0.3, -0.25) is 9.36 Å². The van der Waals surface area contributed by atoms with Crippen molar-refractivity contribution < 1.29 is 14.2 Å². The number of aromatic nitrogens is 4. The Bertz CT molecular complexity index is 746. The molecule has 23 heavy (non-hydrogen) atoms. The van der Waals surface area contributed by atoms with Crippen molar-refractivity contribution in [3.63, 3.8) is 0 Å². The molecule has 0 bridgehead atoms. The third kappa shape index (κ3) is 2.78. The number of imidazole rings is 1. The summed E-state index contributed by atoms with van der Waals surface area (Å²) in [6, 6.07) is 0. The van der Waals surface area contributed by atoms with Crippen LogP contribution in [-0.4, -0.2) is 64.9 Å². The molecule has 1 aliphatic heterocycles. The lowest BCUT2D eigenvalue weighted by Crippen LogP contribution is -2.36. The maximum Gasteiger partial charge on any atom is 0.279 e. The summed E-state index contributed by atoms with van der Waals surface area (Å²) in [5.74, 6) is 0.554. The van der Waals surface area contributed by atoms with E-state index in [0.29, 0.717) is 23.6 Å². The minimum Gasteiger partial charge on any atom is -0.383 e. The van der Waals surface area contributed by atoms with Gasteiger partial charge in [-0.1, -0.05) is 0 Å². The van der Waals surface area contributed by atoms with E-state index in [2.05, 4.69) is 15.0 Å². The molecule has 0 saturated carbocycles. The lowest BCUT2D eigenvalue weighted by molar-refractivity contribution is -0.0424. The number of rotatable bonds is 5. The topological polar surface area (TPSA) is 91.3 Å². The zero-order valence-electron chi connectivity index (χ0n) is 13.5. The highest BCUT2D eigenvalue weighted by atomic mass is 32.2. The van der Waals surface area contributed by atoms with Crippen molar-refractivity contribution in [3.8, 4) is 0 Å². The Morgan fingerprint density at radius 2 is 2.04 bits per heavy atom. The number of nitrogens with zero attached hydrogens (tertiary/aromatic N) is 3. The molecule has 1 N–H and O–H groups in total. The minimum absolute atomic E-state index is 0.0937. The Labute approximate surface area is 137 Å². The SMILES string of the molecule is COC[C@H]1S[C@@H](n2cnc3c(=O)[nH]c(C)nc32)[C@@H](OC)C1OC. The summed E-state index contributed by atoms with van der Waals surface area (Å²) in [5, 5.41) is 0.0318. The van der Waals surface area contributed by atoms with Crippen LogP contribution >= 0.6 is 11.8 Å². The van der Waals surface area contributed by atoms with E-state index in [4.69, 9.17) is 14.2 Å². The van der Waals surface area contributed by atoms with Gasteiger partial charge in [0.05, 0.1) is 18.2 Å². The van der Waals surface area contributed by atoms with Crippen molar-refractivity contribution in [1.29, 1.82) is 0 Å². The van der Waals surface area contributed by atoms with Crippen LogP contribution in [0.15, 0.2) is 11.1 Å². The van der Waals surface area contributed by atoms with E-state index in [1.807, 2.05) is 4.57 Å². The van der Waals surface area contributed by atoms with Gasteiger partial charge in [0.15, 0.2) is 11.2 Å². The third-order valence-electron chi connectivity index (χ3n) is 3.99. The van der Waals surface area contributed by atoms with Crippen LogP contribution in [0.5, 0.6) is 0 Å². The Hall–Kier alpha value is -1.42. The molecule has 0 aromatic carbocycles. The summed E-state index contributed by atoms with van der Waals surface area (Å²) >= 11 is 1.68.